The number of benzene rings is 2. The molecule has 3 nitrogen and oxygen atoms in total. The van der Waals surface area contributed by atoms with Crippen LogP contribution in [-0.4, -0.2) is 11.1 Å². The molecular weight excluding hydrogens is 259 g/mol. The first-order chi connectivity index (χ1) is 9.54. The second-order valence-corrected chi connectivity index (χ2v) is 4.57. The zero-order valence-corrected chi connectivity index (χ0v) is 11.1. The van der Waals surface area contributed by atoms with Gasteiger partial charge in [0.25, 0.3) is 0 Å². The second-order valence-electron chi connectivity index (χ2n) is 4.57. The fraction of sp³-hybridized carbons (Fsp3) is 0.188. The molecule has 0 unspecified atom stereocenters. The van der Waals surface area contributed by atoms with E-state index >= 15 is 0 Å². The van der Waals surface area contributed by atoms with Gasteiger partial charge < -0.3 is 9.84 Å². The van der Waals surface area contributed by atoms with E-state index in [1.165, 1.54) is 12.1 Å². The predicted molar refractivity (Wildman–Crippen MR) is 73.3 cm³/mol. The van der Waals surface area contributed by atoms with Crippen molar-refractivity contribution in [2.24, 2.45) is 0 Å². The number of halogens is 1. The Balaban J connectivity index is 1.98. The Labute approximate surface area is 116 Å². The molecule has 0 fully saturated rings. The normalized spacial score (nSPS) is 10.3. The molecule has 2 aromatic carbocycles. The average molecular weight is 274 g/mol. The summed E-state index contributed by atoms with van der Waals surface area (Å²) in [6, 6.07) is 11.5. The number of carbonyl (C=O) groups is 1. The Morgan fingerprint density at radius 2 is 1.90 bits per heavy atom. The van der Waals surface area contributed by atoms with Crippen LogP contribution < -0.4 is 4.74 Å². The maximum Gasteiger partial charge on any atom is 0.307 e. The van der Waals surface area contributed by atoms with E-state index in [4.69, 9.17) is 9.84 Å². The van der Waals surface area contributed by atoms with Crippen molar-refractivity contribution < 1.29 is 19.0 Å². The van der Waals surface area contributed by atoms with Gasteiger partial charge in [0.2, 0.25) is 0 Å². The number of hydrogen-bond donors (Lipinski definition) is 1. The van der Waals surface area contributed by atoms with Crippen LogP contribution in [-0.2, 0) is 17.8 Å². The Hall–Kier alpha value is -2.36. The number of ether oxygens (including phenoxy) is 1. The van der Waals surface area contributed by atoms with E-state index in [9.17, 15) is 9.18 Å². The van der Waals surface area contributed by atoms with Crippen LogP contribution >= 0.6 is 0 Å². The monoisotopic (exact) mass is 274 g/mol. The van der Waals surface area contributed by atoms with Crippen molar-refractivity contribution in [3.8, 4) is 5.75 Å². The Kier molecular flexibility index (Phi) is 4.35. The molecule has 0 atom stereocenters. The third-order valence-electron chi connectivity index (χ3n) is 2.98. The number of aryl methyl sites for hydroxylation is 1. The molecule has 2 aromatic rings. The summed E-state index contributed by atoms with van der Waals surface area (Å²) in [6.07, 6.45) is -0.00263. The Bertz CT molecular complexity index is 606. The quantitative estimate of drug-likeness (QED) is 0.909. The Morgan fingerprint density at radius 1 is 1.20 bits per heavy atom. The average Bonchev–Trinajstić information content (AvgIpc) is 2.39. The molecule has 4 heteroatoms. The minimum Gasteiger partial charge on any atom is -0.489 e. The van der Waals surface area contributed by atoms with E-state index in [0.717, 1.165) is 16.7 Å². The van der Waals surface area contributed by atoms with Gasteiger partial charge in [0.05, 0.1) is 6.42 Å². The fourth-order valence-corrected chi connectivity index (χ4v) is 1.86. The van der Waals surface area contributed by atoms with Crippen LogP contribution in [0.15, 0.2) is 42.5 Å². The first-order valence-electron chi connectivity index (χ1n) is 6.23. The Morgan fingerprint density at radius 3 is 2.50 bits per heavy atom. The number of hydrogen-bond acceptors (Lipinski definition) is 2. The van der Waals surface area contributed by atoms with Gasteiger partial charge in [0, 0.05) is 0 Å². The van der Waals surface area contributed by atoms with Gasteiger partial charge in [0.1, 0.15) is 18.2 Å². The molecule has 0 radical (unpaired) electrons. The molecule has 0 saturated carbocycles. The highest BCUT2D eigenvalue weighted by Gasteiger charge is 2.03. The van der Waals surface area contributed by atoms with Crippen molar-refractivity contribution in [2.75, 3.05) is 0 Å². The van der Waals surface area contributed by atoms with E-state index < -0.39 is 5.97 Å². The van der Waals surface area contributed by atoms with Crippen LogP contribution in [0.3, 0.4) is 0 Å². The van der Waals surface area contributed by atoms with E-state index in [1.807, 2.05) is 6.92 Å². The van der Waals surface area contributed by atoms with Gasteiger partial charge in [-0.15, -0.1) is 0 Å². The van der Waals surface area contributed by atoms with Crippen LogP contribution in [0.25, 0.3) is 0 Å². The summed E-state index contributed by atoms with van der Waals surface area (Å²) < 4.78 is 18.6. The zero-order valence-electron chi connectivity index (χ0n) is 11.1. The first kappa shape index (κ1) is 14.1. The summed E-state index contributed by atoms with van der Waals surface area (Å²) >= 11 is 0. The molecule has 0 aromatic heterocycles. The molecule has 20 heavy (non-hydrogen) atoms. The lowest BCUT2D eigenvalue weighted by Gasteiger charge is -2.09. The molecule has 0 spiro atoms. The van der Waals surface area contributed by atoms with Gasteiger partial charge in [-0.25, -0.2) is 4.39 Å². The number of carboxylic acids is 1. The van der Waals surface area contributed by atoms with Gasteiger partial charge in [-0.2, -0.15) is 0 Å². The van der Waals surface area contributed by atoms with E-state index in [-0.39, 0.29) is 12.2 Å². The van der Waals surface area contributed by atoms with Crippen molar-refractivity contribution in [2.45, 2.75) is 20.0 Å². The smallest absolute Gasteiger partial charge is 0.307 e. The summed E-state index contributed by atoms with van der Waals surface area (Å²) in [5.41, 5.74) is 2.48. The second kappa shape index (κ2) is 6.19. The van der Waals surface area contributed by atoms with Crippen LogP contribution in [0.1, 0.15) is 16.7 Å². The lowest BCUT2D eigenvalue weighted by molar-refractivity contribution is -0.136. The minimum absolute atomic E-state index is 0.00263. The van der Waals surface area contributed by atoms with Gasteiger partial charge in [-0.1, -0.05) is 18.2 Å². The zero-order chi connectivity index (χ0) is 14.5. The van der Waals surface area contributed by atoms with Crippen molar-refractivity contribution in [3.05, 3.63) is 65.0 Å². The summed E-state index contributed by atoms with van der Waals surface area (Å²) in [6.45, 7) is 2.18. The van der Waals surface area contributed by atoms with E-state index in [0.29, 0.717) is 12.4 Å². The summed E-state index contributed by atoms with van der Waals surface area (Å²) in [5, 5.41) is 8.68. The van der Waals surface area contributed by atoms with Gasteiger partial charge in [-0.05, 0) is 47.9 Å². The highest BCUT2D eigenvalue weighted by Crippen LogP contribution is 2.16. The lowest BCUT2D eigenvalue weighted by Crippen LogP contribution is -2.01. The van der Waals surface area contributed by atoms with Crippen molar-refractivity contribution >= 4 is 5.97 Å². The molecule has 0 bridgehead atoms. The number of carboxylic acid groups (broad SMARTS) is 1. The highest BCUT2D eigenvalue weighted by molar-refractivity contribution is 5.70. The maximum absolute atomic E-state index is 13.0. The molecule has 2 rings (SSSR count). The topological polar surface area (TPSA) is 46.5 Å². The molecule has 0 heterocycles. The summed E-state index contributed by atoms with van der Waals surface area (Å²) in [5.74, 6) is -0.465. The largest absolute Gasteiger partial charge is 0.489 e. The molecule has 0 aliphatic carbocycles. The number of aliphatic carboxylic acids is 1. The number of rotatable bonds is 5. The minimum atomic E-state index is -0.861. The molecule has 0 amide bonds. The molecule has 1 N–H and O–H groups in total. The summed E-state index contributed by atoms with van der Waals surface area (Å²) in [4.78, 5) is 10.6. The van der Waals surface area contributed by atoms with Crippen molar-refractivity contribution in [1.29, 1.82) is 0 Å². The third kappa shape index (κ3) is 3.82. The fourth-order valence-electron chi connectivity index (χ4n) is 1.86. The molecular formula is C16H15FO3. The van der Waals surface area contributed by atoms with Gasteiger partial charge in [-0.3, -0.25) is 4.79 Å². The van der Waals surface area contributed by atoms with Crippen molar-refractivity contribution in [3.63, 3.8) is 0 Å². The molecule has 104 valence electrons. The van der Waals surface area contributed by atoms with Crippen LogP contribution in [0.2, 0.25) is 0 Å². The molecule has 0 aliphatic rings. The maximum atomic E-state index is 13.0. The van der Waals surface area contributed by atoms with Crippen LogP contribution in [0.4, 0.5) is 4.39 Å². The lowest BCUT2D eigenvalue weighted by atomic mass is 10.1. The SMILES string of the molecule is Cc1cc(F)ccc1COc1ccc(CC(=O)O)cc1. The van der Waals surface area contributed by atoms with Crippen LogP contribution in [0, 0.1) is 12.7 Å². The highest BCUT2D eigenvalue weighted by atomic mass is 19.1. The molecule has 0 aliphatic heterocycles. The third-order valence-corrected chi connectivity index (χ3v) is 2.98. The molecule has 0 saturated heterocycles. The van der Waals surface area contributed by atoms with E-state index in [2.05, 4.69) is 0 Å². The van der Waals surface area contributed by atoms with Crippen molar-refractivity contribution in [1.82, 2.24) is 0 Å². The predicted octanol–water partition coefficient (Wildman–Crippen LogP) is 3.34. The van der Waals surface area contributed by atoms with Gasteiger partial charge >= 0.3 is 5.97 Å². The standard InChI is InChI=1S/C16H15FO3/c1-11-8-14(17)5-4-13(11)10-20-15-6-2-12(3-7-15)9-16(18)19/h2-8H,9-10H2,1H3,(H,18,19). The van der Waals surface area contributed by atoms with Gasteiger partial charge in [0.15, 0.2) is 0 Å². The summed E-state index contributed by atoms with van der Waals surface area (Å²) in [7, 11) is 0. The van der Waals surface area contributed by atoms with E-state index in [1.54, 1.807) is 30.3 Å². The first-order valence-corrected chi connectivity index (χ1v) is 6.23. The van der Waals surface area contributed by atoms with Crippen LogP contribution in [0.5, 0.6) is 5.75 Å².